The summed E-state index contributed by atoms with van der Waals surface area (Å²) < 4.78 is 0. The Morgan fingerprint density at radius 1 is 1.40 bits per heavy atom. The fraction of sp³-hybridized carbons (Fsp3) is 0.800. The second-order valence-electron chi connectivity index (χ2n) is 4.31. The molecule has 2 unspecified atom stereocenters. The number of hydrogen-bond acceptors (Lipinski definition) is 3. The van der Waals surface area contributed by atoms with Crippen LogP contribution in [0.25, 0.3) is 0 Å². The van der Waals surface area contributed by atoms with Gasteiger partial charge < -0.3 is 10.0 Å². The van der Waals surface area contributed by atoms with Crippen LogP contribution >= 0.6 is 0 Å². The summed E-state index contributed by atoms with van der Waals surface area (Å²) >= 11 is 0. The molecule has 1 fully saturated rings. The van der Waals surface area contributed by atoms with E-state index in [-0.39, 0.29) is 17.9 Å². The van der Waals surface area contributed by atoms with Crippen LogP contribution in [0.5, 0.6) is 0 Å². The Hall–Kier alpha value is -1.10. The first kappa shape index (κ1) is 12.0. The molecule has 2 atom stereocenters. The molecule has 5 nitrogen and oxygen atoms in total. The Labute approximate surface area is 89.4 Å². The smallest absolute Gasteiger partial charge is 0.324 e. The summed E-state index contributed by atoms with van der Waals surface area (Å²) in [6.07, 6.45) is 0.0329. The number of carbonyl (C=O) groups excluding carboxylic acids is 2. The molecule has 0 saturated carbocycles. The first-order valence-electron chi connectivity index (χ1n) is 5.23. The molecular weight excluding hydrogens is 196 g/mol. The second-order valence-corrected chi connectivity index (χ2v) is 4.31. The maximum absolute atomic E-state index is 11.4. The molecule has 1 heterocycles. The van der Waals surface area contributed by atoms with E-state index in [1.54, 1.807) is 6.92 Å². The van der Waals surface area contributed by atoms with E-state index in [0.29, 0.717) is 13.0 Å². The molecule has 1 rings (SSSR count). The monoisotopic (exact) mass is 214 g/mol. The SMILES string of the molecule is CC(O)CCN1C(=O)NC(=O)C1C(C)C. The van der Waals surface area contributed by atoms with E-state index >= 15 is 0 Å². The maximum Gasteiger partial charge on any atom is 0.324 e. The van der Waals surface area contributed by atoms with Crippen LogP contribution in [0.1, 0.15) is 27.2 Å². The van der Waals surface area contributed by atoms with Gasteiger partial charge in [-0.15, -0.1) is 0 Å². The number of nitrogens with one attached hydrogen (secondary N) is 1. The van der Waals surface area contributed by atoms with Crippen molar-refractivity contribution in [3.8, 4) is 0 Å². The number of amides is 3. The molecule has 3 amide bonds. The van der Waals surface area contributed by atoms with Crippen LogP contribution < -0.4 is 5.32 Å². The minimum Gasteiger partial charge on any atom is -0.393 e. The van der Waals surface area contributed by atoms with Gasteiger partial charge in [-0.3, -0.25) is 10.1 Å². The van der Waals surface area contributed by atoms with Crippen molar-refractivity contribution >= 4 is 11.9 Å². The van der Waals surface area contributed by atoms with Crippen LogP contribution in [0.3, 0.4) is 0 Å². The predicted octanol–water partition coefficient (Wildman–Crippen LogP) is 0.334. The highest BCUT2D eigenvalue weighted by Gasteiger charge is 2.39. The molecule has 0 aromatic heterocycles. The summed E-state index contributed by atoms with van der Waals surface area (Å²) in [4.78, 5) is 24.4. The molecule has 2 N–H and O–H groups in total. The van der Waals surface area contributed by atoms with Crippen molar-refractivity contribution in [1.82, 2.24) is 10.2 Å². The van der Waals surface area contributed by atoms with E-state index < -0.39 is 12.1 Å². The Morgan fingerprint density at radius 2 is 2.00 bits per heavy atom. The van der Waals surface area contributed by atoms with E-state index in [1.165, 1.54) is 4.90 Å². The van der Waals surface area contributed by atoms with Crippen LogP contribution in [-0.2, 0) is 4.79 Å². The van der Waals surface area contributed by atoms with E-state index in [1.807, 2.05) is 13.8 Å². The molecule has 0 spiro atoms. The standard InChI is InChI=1S/C10H18N2O3/c1-6(2)8-9(14)11-10(15)12(8)5-4-7(3)13/h6-8,13H,4-5H2,1-3H3,(H,11,14,15). The van der Waals surface area contributed by atoms with Gasteiger partial charge in [0.2, 0.25) is 0 Å². The van der Waals surface area contributed by atoms with E-state index in [2.05, 4.69) is 5.32 Å². The normalized spacial score (nSPS) is 23.5. The summed E-state index contributed by atoms with van der Waals surface area (Å²) in [5.74, 6) is -0.147. The van der Waals surface area contributed by atoms with Crippen molar-refractivity contribution in [2.24, 2.45) is 5.92 Å². The average Bonchev–Trinajstić information content (AvgIpc) is 2.37. The molecule has 15 heavy (non-hydrogen) atoms. The van der Waals surface area contributed by atoms with E-state index in [4.69, 9.17) is 5.11 Å². The Kier molecular flexibility index (Phi) is 3.68. The minimum absolute atomic E-state index is 0.0884. The third-order valence-electron chi connectivity index (χ3n) is 2.51. The second kappa shape index (κ2) is 4.61. The van der Waals surface area contributed by atoms with Crippen molar-refractivity contribution in [3.05, 3.63) is 0 Å². The van der Waals surface area contributed by atoms with Crippen LogP contribution in [-0.4, -0.2) is 40.6 Å². The first-order valence-corrected chi connectivity index (χ1v) is 5.23. The summed E-state index contributed by atoms with van der Waals surface area (Å²) in [6, 6.07) is -0.740. The number of hydrogen-bond donors (Lipinski definition) is 2. The van der Waals surface area contributed by atoms with Gasteiger partial charge in [0, 0.05) is 6.54 Å². The minimum atomic E-state index is -0.457. The highest BCUT2D eigenvalue weighted by Crippen LogP contribution is 2.17. The van der Waals surface area contributed by atoms with Crippen molar-refractivity contribution in [1.29, 1.82) is 0 Å². The molecule has 5 heteroatoms. The van der Waals surface area contributed by atoms with E-state index in [9.17, 15) is 9.59 Å². The lowest BCUT2D eigenvalue weighted by Crippen LogP contribution is -2.40. The Morgan fingerprint density at radius 3 is 2.47 bits per heavy atom. The zero-order valence-electron chi connectivity index (χ0n) is 9.36. The summed E-state index contributed by atoms with van der Waals surface area (Å²) in [5.41, 5.74) is 0. The van der Waals surface area contributed by atoms with Gasteiger partial charge in [0.25, 0.3) is 5.91 Å². The van der Waals surface area contributed by atoms with Gasteiger partial charge in [0.1, 0.15) is 6.04 Å². The Bertz CT molecular complexity index is 263. The fourth-order valence-corrected chi connectivity index (χ4v) is 1.75. The number of rotatable bonds is 4. The highest BCUT2D eigenvalue weighted by atomic mass is 16.3. The topological polar surface area (TPSA) is 69.6 Å². The third kappa shape index (κ3) is 2.68. The van der Waals surface area contributed by atoms with Crippen LogP contribution in [0.4, 0.5) is 4.79 Å². The van der Waals surface area contributed by atoms with Gasteiger partial charge >= 0.3 is 6.03 Å². The predicted molar refractivity (Wildman–Crippen MR) is 55.2 cm³/mol. The molecule has 0 aromatic rings. The van der Waals surface area contributed by atoms with Crippen molar-refractivity contribution in [2.75, 3.05) is 6.54 Å². The third-order valence-corrected chi connectivity index (χ3v) is 2.51. The number of aliphatic hydroxyl groups is 1. The van der Waals surface area contributed by atoms with Crippen molar-refractivity contribution in [3.63, 3.8) is 0 Å². The molecule has 0 aromatic carbocycles. The quantitative estimate of drug-likeness (QED) is 0.663. The van der Waals surface area contributed by atoms with Crippen LogP contribution in [0, 0.1) is 5.92 Å². The van der Waals surface area contributed by atoms with Gasteiger partial charge in [0.15, 0.2) is 0 Å². The number of urea groups is 1. The van der Waals surface area contributed by atoms with Gasteiger partial charge in [-0.25, -0.2) is 4.79 Å². The lowest BCUT2D eigenvalue weighted by molar-refractivity contribution is -0.122. The summed E-state index contributed by atoms with van der Waals surface area (Å²) in [6.45, 7) is 5.88. The van der Waals surface area contributed by atoms with Crippen LogP contribution in [0.2, 0.25) is 0 Å². The van der Waals surface area contributed by atoms with E-state index in [0.717, 1.165) is 0 Å². The van der Waals surface area contributed by atoms with Gasteiger partial charge in [-0.05, 0) is 19.3 Å². The largest absolute Gasteiger partial charge is 0.393 e. The van der Waals surface area contributed by atoms with Crippen molar-refractivity contribution < 1.29 is 14.7 Å². The molecule has 1 aliphatic heterocycles. The van der Waals surface area contributed by atoms with Crippen molar-refractivity contribution in [2.45, 2.75) is 39.3 Å². The van der Waals surface area contributed by atoms with Gasteiger partial charge in [0.05, 0.1) is 6.10 Å². The molecule has 0 aliphatic carbocycles. The molecule has 86 valence electrons. The zero-order valence-corrected chi connectivity index (χ0v) is 9.36. The lowest BCUT2D eigenvalue weighted by Gasteiger charge is -2.24. The summed E-state index contributed by atoms with van der Waals surface area (Å²) in [7, 11) is 0. The van der Waals surface area contributed by atoms with Gasteiger partial charge in [-0.2, -0.15) is 0 Å². The number of nitrogens with zero attached hydrogens (tertiary/aromatic N) is 1. The Balaban J connectivity index is 2.66. The first-order chi connectivity index (χ1) is 6.93. The molecule has 1 saturated heterocycles. The number of imide groups is 1. The lowest BCUT2D eigenvalue weighted by atomic mass is 10.0. The molecule has 0 bridgehead atoms. The number of aliphatic hydroxyl groups excluding tert-OH is 1. The maximum atomic E-state index is 11.4. The summed E-state index contributed by atoms with van der Waals surface area (Å²) in [5, 5.41) is 11.4. The van der Waals surface area contributed by atoms with Crippen LogP contribution in [0.15, 0.2) is 0 Å². The zero-order chi connectivity index (χ0) is 11.6. The molecule has 1 aliphatic rings. The molecular formula is C10H18N2O3. The average molecular weight is 214 g/mol. The molecule has 0 radical (unpaired) electrons. The fourth-order valence-electron chi connectivity index (χ4n) is 1.75. The van der Waals surface area contributed by atoms with Gasteiger partial charge in [-0.1, -0.05) is 13.8 Å². The highest BCUT2D eigenvalue weighted by molar-refractivity contribution is 6.04. The number of carbonyl (C=O) groups is 2.